The Morgan fingerprint density at radius 1 is 1.50 bits per heavy atom. The molecule has 0 aromatic heterocycles. The Kier molecular flexibility index (Phi) is 5.41. The van der Waals surface area contributed by atoms with E-state index in [1.54, 1.807) is 0 Å². The van der Waals surface area contributed by atoms with Gasteiger partial charge in [0.25, 0.3) is 5.09 Å². The van der Waals surface area contributed by atoms with Crippen molar-refractivity contribution in [1.29, 1.82) is 0 Å². The van der Waals surface area contributed by atoms with Gasteiger partial charge in [-0.15, -0.1) is 10.1 Å². The molecule has 0 aromatic rings. The molecule has 12 heavy (non-hydrogen) atoms. The standard InChI is InChI=1S/C8H17NO3/c1-4-5-6-8(7(2)3)12-9(10)11/h7-8H,4-6H2,1-3H3. The maximum Gasteiger partial charge on any atom is 0.294 e. The lowest BCUT2D eigenvalue weighted by Crippen LogP contribution is -2.22. The van der Waals surface area contributed by atoms with Gasteiger partial charge in [0.2, 0.25) is 0 Å². The van der Waals surface area contributed by atoms with Crippen molar-refractivity contribution in [2.75, 3.05) is 0 Å². The molecule has 0 saturated carbocycles. The van der Waals surface area contributed by atoms with E-state index in [1.807, 2.05) is 13.8 Å². The number of unbranched alkanes of at least 4 members (excludes halogenated alkanes) is 1. The van der Waals surface area contributed by atoms with E-state index < -0.39 is 5.09 Å². The monoisotopic (exact) mass is 175 g/mol. The van der Waals surface area contributed by atoms with Crippen LogP contribution in [0.3, 0.4) is 0 Å². The first kappa shape index (κ1) is 11.2. The zero-order valence-electron chi connectivity index (χ0n) is 7.95. The molecule has 72 valence electrons. The van der Waals surface area contributed by atoms with Crippen LogP contribution in [0, 0.1) is 16.0 Å². The number of nitrogens with zero attached hydrogens (tertiary/aromatic N) is 1. The maximum atomic E-state index is 10.1. The normalized spacial score (nSPS) is 13.0. The summed E-state index contributed by atoms with van der Waals surface area (Å²) in [7, 11) is 0. The summed E-state index contributed by atoms with van der Waals surface area (Å²) in [6, 6.07) is 0. The average molecular weight is 175 g/mol. The van der Waals surface area contributed by atoms with E-state index in [-0.39, 0.29) is 12.0 Å². The van der Waals surface area contributed by atoms with Crippen LogP contribution in [-0.4, -0.2) is 11.2 Å². The van der Waals surface area contributed by atoms with Crippen LogP contribution in [0.2, 0.25) is 0 Å². The van der Waals surface area contributed by atoms with Crippen LogP contribution >= 0.6 is 0 Å². The van der Waals surface area contributed by atoms with Gasteiger partial charge in [-0.25, -0.2) is 0 Å². The molecule has 0 heterocycles. The van der Waals surface area contributed by atoms with Crippen LogP contribution in [0.25, 0.3) is 0 Å². The van der Waals surface area contributed by atoms with Crippen LogP contribution in [0.4, 0.5) is 0 Å². The third-order valence-corrected chi connectivity index (χ3v) is 1.81. The summed E-state index contributed by atoms with van der Waals surface area (Å²) in [6.07, 6.45) is 2.57. The second kappa shape index (κ2) is 5.80. The van der Waals surface area contributed by atoms with Gasteiger partial charge in [-0.3, -0.25) is 0 Å². The smallest absolute Gasteiger partial charge is 0.294 e. The van der Waals surface area contributed by atoms with E-state index in [4.69, 9.17) is 0 Å². The summed E-state index contributed by atoms with van der Waals surface area (Å²) in [5, 5.41) is 9.37. The maximum absolute atomic E-state index is 10.1. The molecule has 0 aliphatic heterocycles. The summed E-state index contributed by atoms with van der Waals surface area (Å²) in [4.78, 5) is 14.6. The van der Waals surface area contributed by atoms with Crippen LogP contribution in [-0.2, 0) is 4.84 Å². The van der Waals surface area contributed by atoms with Gasteiger partial charge < -0.3 is 4.84 Å². The van der Waals surface area contributed by atoms with E-state index in [0.717, 1.165) is 19.3 Å². The van der Waals surface area contributed by atoms with Crippen LogP contribution in [0.15, 0.2) is 0 Å². The van der Waals surface area contributed by atoms with Crippen molar-refractivity contribution < 1.29 is 9.92 Å². The fraction of sp³-hybridized carbons (Fsp3) is 1.00. The summed E-state index contributed by atoms with van der Waals surface area (Å²) < 4.78 is 0. The highest BCUT2D eigenvalue weighted by atomic mass is 17.0. The third-order valence-electron chi connectivity index (χ3n) is 1.81. The van der Waals surface area contributed by atoms with E-state index in [0.29, 0.717) is 0 Å². The van der Waals surface area contributed by atoms with Crippen molar-refractivity contribution in [3.05, 3.63) is 10.1 Å². The lowest BCUT2D eigenvalue weighted by atomic mass is 10.0. The molecule has 0 rings (SSSR count). The first-order valence-corrected chi connectivity index (χ1v) is 4.39. The first-order chi connectivity index (χ1) is 5.57. The van der Waals surface area contributed by atoms with Crippen molar-refractivity contribution in [3.63, 3.8) is 0 Å². The van der Waals surface area contributed by atoms with E-state index in [2.05, 4.69) is 11.8 Å². The minimum atomic E-state index is -0.694. The lowest BCUT2D eigenvalue weighted by molar-refractivity contribution is -0.770. The molecule has 1 unspecified atom stereocenters. The minimum absolute atomic E-state index is 0.210. The van der Waals surface area contributed by atoms with Gasteiger partial charge in [-0.1, -0.05) is 33.6 Å². The summed E-state index contributed by atoms with van der Waals surface area (Å²) >= 11 is 0. The predicted molar refractivity (Wildman–Crippen MR) is 46.2 cm³/mol. The van der Waals surface area contributed by atoms with Crippen LogP contribution in [0.1, 0.15) is 40.0 Å². The van der Waals surface area contributed by atoms with Crippen molar-refractivity contribution in [2.24, 2.45) is 5.92 Å². The Bertz CT molecular complexity index is 136. The Morgan fingerprint density at radius 2 is 2.08 bits per heavy atom. The topological polar surface area (TPSA) is 52.4 Å². The Hall–Kier alpha value is -0.800. The van der Waals surface area contributed by atoms with Gasteiger partial charge in [0.1, 0.15) is 6.10 Å². The lowest BCUT2D eigenvalue weighted by Gasteiger charge is -2.17. The van der Waals surface area contributed by atoms with Crippen molar-refractivity contribution in [1.82, 2.24) is 0 Å². The molecule has 1 atom stereocenters. The van der Waals surface area contributed by atoms with Crippen molar-refractivity contribution in [2.45, 2.75) is 46.1 Å². The van der Waals surface area contributed by atoms with Crippen LogP contribution in [0.5, 0.6) is 0 Å². The third kappa shape index (κ3) is 4.93. The molecule has 0 bridgehead atoms. The minimum Gasteiger partial charge on any atom is -0.310 e. The quantitative estimate of drug-likeness (QED) is 0.460. The number of hydrogen-bond donors (Lipinski definition) is 0. The van der Waals surface area contributed by atoms with E-state index in [9.17, 15) is 10.1 Å². The van der Waals surface area contributed by atoms with E-state index in [1.165, 1.54) is 0 Å². The van der Waals surface area contributed by atoms with Crippen molar-refractivity contribution >= 4 is 0 Å². The fourth-order valence-electron chi connectivity index (χ4n) is 1.02. The van der Waals surface area contributed by atoms with Gasteiger partial charge in [0.15, 0.2) is 0 Å². The Balaban J connectivity index is 3.78. The van der Waals surface area contributed by atoms with Crippen molar-refractivity contribution in [3.8, 4) is 0 Å². The molecule has 4 heteroatoms. The highest BCUT2D eigenvalue weighted by Gasteiger charge is 2.16. The second-order valence-electron chi connectivity index (χ2n) is 3.25. The molecule has 4 nitrogen and oxygen atoms in total. The van der Waals surface area contributed by atoms with Gasteiger partial charge in [-0.05, 0) is 12.3 Å². The molecule has 0 fully saturated rings. The van der Waals surface area contributed by atoms with Gasteiger partial charge in [-0.2, -0.15) is 0 Å². The summed E-state index contributed by atoms with van der Waals surface area (Å²) in [6.45, 7) is 5.93. The van der Waals surface area contributed by atoms with E-state index >= 15 is 0 Å². The Labute approximate surface area is 73.0 Å². The number of rotatable bonds is 6. The fourth-order valence-corrected chi connectivity index (χ4v) is 1.02. The predicted octanol–water partition coefficient (Wildman–Crippen LogP) is 2.41. The molecule has 0 amide bonds. The van der Waals surface area contributed by atoms with Gasteiger partial charge in [0.05, 0.1) is 0 Å². The van der Waals surface area contributed by atoms with Gasteiger partial charge in [0, 0.05) is 0 Å². The highest BCUT2D eigenvalue weighted by Crippen LogP contribution is 2.13. The molecule has 0 saturated heterocycles. The molecule has 0 N–H and O–H groups in total. The molecule has 0 aliphatic carbocycles. The first-order valence-electron chi connectivity index (χ1n) is 4.39. The Morgan fingerprint density at radius 3 is 2.42 bits per heavy atom. The molecular formula is C8H17NO3. The molecule has 0 spiro atoms. The molecule has 0 aromatic carbocycles. The highest BCUT2D eigenvalue weighted by molar-refractivity contribution is 4.60. The largest absolute Gasteiger partial charge is 0.310 e. The molecule has 0 aliphatic rings. The SMILES string of the molecule is CCCCC(O[N+](=O)[O-])C(C)C. The zero-order chi connectivity index (χ0) is 9.56. The zero-order valence-corrected chi connectivity index (χ0v) is 7.95. The average Bonchev–Trinajstić information content (AvgIpc) is 1.96. The summed E-state index contributed by atoms with van der Waals surface area (Å²) in [5.41, 5.74) is 0. The second-order valence-corrected chi connectivity index (χ2v) is 3.25. The van der Waals surface area contributed by atoms with Crippen LogP contribution < -0.4 is 0 Å². The number of hydrogen-bond acceptors (Lipinski definition) is 3. The molecular weight excluding hydrogens is 158 g/mol. The molecule has 0 radical (unpaired) electrons. The van der Waals surface area contributed by atoms with Gasteiger partial charge >= 0.3 is 0 Å². The summed E-state index contributed by atoms with van der Waals surface area (Å²) in [5.74, 6) is 0.210.